The van der Waals surface area contributed by atoms with Gasteiger partial charge in [0.05, 0.1) is 6.17 Å². The van der Waals surface area contributed by atoms with E-state index in [9.17, 15) is 10.2 Å². The van der Waals surface area contributed by atoms with Crippen LogP contribution < -0.4 is 0 Å². The fourth-order valence-corrected chi connectivity index (χ4v) is 5.48. The molecule has 1 saturated heterocycles. The standard InChI is InChI=1S/C31H28N2O2/c34-28-15-7-3-11-24(28)20-32-17-18-33(21-25-12-4-8-16-29(25)35)31(32)30-26-13-5-1-9-22(26)19-23-10-2-6-14-27(23)30/h1-16,19,31,34-35H,17-18,20-21H2. The van der Waals surface area contributed by atoms with Crippen molar-refractivity contribution >= 4 is 21.5 Å². The zero-order valence-corrected chi connectivity index (χ0v) is 19.5. The van der Waals surface area contributed by atoms with Gasteiger partial charge in [0.2, 0.25) is 0 Å². The molecule has 0 unspecified atom stereocenters. The monoisotopic (exact) mass is 460 g/mol. The molecular weight excluding hydrogens is 432 g/mol. The SMILES string of the molecule is Oc1ccccc1CN1CCN(Cc2ccccc2O)C1c1c2ccccc2cc2ccccc12. The highest BCUT2D eigenvalue weighted by Gasteiger charge is 2.36. The maximum atomic E-state index is 10.5. The van der Waals surface area contributed by atoms with Gasteiger partial charge in [-0.3, -0.25) is 9.80 Å². The van der Waals surface area contributed by atoms with Crippen molar-refractivity contribution < 1.29 is 10.2 Å². The van der Waals surface area contributed by atoms with Crippen LogP contribution in [0.3, 0.4) is 0 Å². The van der Waals surface area contributed by atoms with Gasteiger partial charge in [-0.05, 0) is 45.3 Å². The molecule has 0 atom stereocenters. The molecule has 0 aliphatic carbocycles. The summed E-state index contributed by atoms with van der Waals surface area (Å²) >= 11 is 0. The minimum absolute atomic E-state index is 0.00906. The van der Waals surface area contributed by atoms with E-state index in [-0.39, 0.29) is 6.17 Å². The van der Waals surface area contributed by atoms with Gasteiger partial charge in [-0.15, -0.1) is 0 Å². The first-order valence-electron chi connectivity index (χ1n) is 12.1. The van der Waals surface area contributed by atoms with Crippen molar-refractivity contribution in [1.82, 2.24) is 9.80 Å². The molecule has 0 aromatic heterocycles. The number of fused-ring (bicyclic) bond motifs is 2. The summed E-state index contributed by atoms with van der Waals surface area (Å²) < 4.78 is 0. The minimum atomic E-state index is -0.00906. The predicted molar refractivity (Wildman–Crippen MR) is 141 cm³/mol. The number of phenolic OH excluding ortho intramolecular Hbond substituents is 2. The molecule has 4 heteroatoms. The van der Waals surface area contributed by atoms with Crippen LogP contribution in [-0.2, 0) is 13.1 Å². The summed E-state index contributed by atoms with van der Waals surface area (Å²) in [5, 5.41) is 26.0. The van der Waals surface area contributed by atoms with Gasteiger partial charge < -0.3 is 10.2 Å². The first-order chi connectivity index (χ1) is 17.2. The maximum Gasteiger partial charge on any atom is 0.120 e. The number of para-hydroxylation sites is 2. The van der Waals surface area contributed by atoms with Crippen LogP contribution in [0.25, 0.3) is 21.5 Å². The highest BCUT2D eigenvalue weighted by atomic mass is 16.3. The lowest BCUT2D eigenvalue weighted by Crippen LogP contribution is -2.31. The number of aromatic hydroxyl groups is 2. The fraction of sp³-hybridized carbons (Fsp3) is 0.161. The number of phenols is 2. The van der Waals surface area contributed by atoms with Crippen molar-refractivity contribution in [3.63, 3.8) is 0 Å². The van der Waals surface area contributed by atoms with Gasteiger partial charge in [0.25, 0.3) is 0 Å². The Hall–Kier alpha value is -3.86. The van der Waals surface area contributed by atoms with Crippen LogP contribution in [0.1, 0.15) is 22.9 Å². The molecule has 35 heavy (non-hydrogen) atoms. The molecule has 5 aromatic carbocycles. The summed E-state index contributed by atoms with van der Waals surface area (Å²) in [6, 6.07) is 34.7. The Kier molecular flexibility index (Phi) is 5.61. The second kappa shape index (κ2) is 9.06. The molecule has 1 fully saturated rings. The molecule has 4 nitrogen and oxygen atoms in total. The molecule has 0 bridgehead atoms. The molecule has 0 radical (unpaired) electrons. The molecule has 1 aliphatic rings. The largest absolute Gasteiger partial charge is 0.508 e. The quantitative estimate of drug-likeness (QED) is 0.297. The van der Waals surface area contributed by atoms with Crippen LogP contribution in [0.2, 0.25) is 0 Å². The summed E-state index contributed by atoms with van der Waals surface area (Å²) in [4.78, 5) is 4.90. The highest BCUT2D eigenvalue weighted by molar-refractivity contribution is 6.02. The summed E-state index contributed by atoms with van der Waals surface area (Å²) in [6.45, 7) is 3.02. The molecule has 0 saturated carbocycles. The fourth-order valence-electron chi connectivity index (χ4n) is 5.48. The molecule has 2 N–H and O–H groups in total. The van der Waals surface area contributed by atoms with E-state index in [1.165, 1.54) is 27.1 Å². The summed E-state index contributed by atoms with van der Waals surface area (Å²) in [6.07, 6.45) is -0.00906. The van der Waals surface area contributed by atoms with Crippen LogP contribution in [0.5, 0.6) is 11.5 Å². The molecule has 6 rings (SSSR count). The first kappa shape index (κ1) is 21.7. The Labute approximate surface area is 205 Å². The van der Waals surface area contributed by atoms with Crippen molar-refractivity contribution in [2.75, 3.05) is 13.1 Å². The van der Waals surface area contributed by atoms with Gasteiger partial charge in [0, 0.05) is 37.3 Å². The summed E-state index contributed by atoms with van der Waals surface area (Å²) in [5.74, 6) is 0.654. The van der Waals surface area contributed by atoms with E-state index in [0.29, 0.717) is 24.6 Å². The van der Waals surface area contributed by atoms with Crippen LogP contribution in [0, 0.1) is 0 Å². The number of rotatable bonds is 5. The van der Waals surface area contributed by atoms with E-state index in [1.807, 2.05) is 36.4 Å². The van der Waals surface area contributed by atoms with E-state index in [1.54, 1.807) is 12.1 Å². The van der Waals surface area contributed by atoms with Crippen LogP contribution in [0.4, 0.5) is 0 Å². The summed E-state index contributed by atoms with van der Waals surface area (Å²) in [7, 11) is 0. The van der Waals surface area contributed by atoms with Gasteiger partial charge in [-0.2, -0.15) is 0 Å². The Morgan fingerprint density at radius 3 is 1.49 bits per heavy atom. The van der Waals surface area contributed by atoms with Gasteiger partial charge in [0.15, 0.2) is 0 Å². The Balaban J connectivity index is 1.53. The van der Waals surface area contributed by atoms with Crippen molar-refractivity contribution in [3.05, 3.63) is 120 Å². The maximum absolute atomic E-state index is 10.5. The number of benzene rings is 5. The molecule has 1 aliphatic heterocycles. The smallest absolute Gasteiger partial charge is 0.120 e. The normalized spacial score (nSPS) is 15.3. The van der Waals surface area contributed by atoms with Crippen molar-refractivity contribution in [1.29, 1.82) is 0 Å². The Morgan fingerprint density at radius 2 is 1.00 bits per heavy atom. The van der Waals surface area contributed by atoms with E-state index < -0.39 is 0 Å². The molecule has 0 spiro atoms. The number of hydrogen-bond acceptors (Lipinski definition) is 4. The van der Waals surface area contributed by atoms with E-state index in [2.05, 4.69) is 64.4 Å². The zero-order valence-electron chi connectivity index (χ0n) is 19.5. The van der Waals surface area contributed by atoms with E-state index >= 15 is 0 Å². The third-order valence-electron chi connectivity index (χ3n) is 7.17. The Bertz CT molecular complexity index is 1400. The highest BCUT2D eigenvalue weighted by Crippen LogP contribution is 2.41. The van der Waals surface area contributed by atoms with E-state index in [4.69, 9.17) is 0 Å². The van der Waals surface area contributed by atoms with Gasteiger partial charge in [-0.1, -0.05) is 84.9 Å². The molecular formula is C31H28N2O2. The van der Waals surface area contributed by atoms with Crippen molar-refractivity contribution in [2.45, 2.75) is 19.3 Å². The second-order valence-electron chi connectivity index (χ2n) is 9.30. The van der Waals surface area contributed by atoms with Gasteiger partial charge in [0.1, 0.15) is 11.5 Å². The van der Waals surface area contributed by atoms with Crippen LogP contribution in [0.15, 0.2) is 103 Å². The van der Waals surface area contributed by atoms with Gasteiger partial charge >= 0.3 is 0 Å². The third-order valence-corrected chi connectivity index (χ3v) is 7.17. The predicted octanol–water partition coefficient (Wildman–Crippen LogP) is 6.42. The lowest BCUT2D eigenvalue weighted by atomic mass is 9.94. The average molecular weight is 461 g/mol. The lowest BCUT2D eigenvalue weighted by Gasteiger charge is -2.33. The number of hydrogen-bond donors (Lipinski definition) is 2. The number of nitrogens with zero attached hydrogens (tertiary/aromatic N) is 2. The molecule has 174 valence electrons. The molecule has 1 heterocycles. The topological polar surface area (TPSA) is 46.9 Å². The van der Waals surface area contributed by atoms with Gasteiger partial charge in [-0.25, -0.2) is 0 Å². The van der Waals surface area contributed by atoms with Crippen molar-refractivity contribution in [2.24, 2.45) is 0 Å². The molecule has 5 aromatic rings. The Morgan fingerprint density at radius 1 is 0.571 bits per heavy atom. The first-order valence-corrected chi connectivity index (χ1v) is 12.1. The zero-order chi connectivity index (χ0) is 23.8. The van der Waals surface area contributed by atoms with Crippen molar-refractivity contribution in [3.8, 4) is 11.5 Å². The minimum Gasteiger partial charge on any atom is -0.508 e. The third kappa shape index (κ3) is 4.01. The van der Waals surface area contributed by atoms with Crippen LogP contribution >= 0.6 is 0 Å². The summed E-state index contributed by atoms with van der Waals surface area (Å²) in [5.41, 5.74) is 3.12. The molecule has 0 amide bonds. The lowest BCUT2D eigenvalue weighted by molar-refractivity contribution is 0.127. The van der Waals surface area contributed by atoms with Crippen LogP contribution in [-0.4, -0.2) is 33.1 Å². The van der Waals surface area contributed by atoms with E-state index in [0.717, 1.165) is 24.2 Å². The average Bonchev–Trinajstić information content (AvgIpc) is 3.26. The second-order valence-corrected chi connectivity index (χ2v) is 9.30.